The second-order valence-electron chi connectivity index (χ2n) is 4.70. The molecule has 88 valence electrons. The first-order valence-corrected chi connectivity index (χ1v) is 6.29. The van der Waals surface area contributed by atoms with E-state index in [2.05, 4.69) is 29.6 Å². The van der Waals surface area contributed by atoms with Gasteiger partial charge in [0.1, 0.15) is 0 Å². The van der Waals surface area contributed by atoms with Gasteiger partial charge in [0, 0.05) is 6.54 Å². The Balaban J connectivity index is 1.62. The van der Waals surface area contributed by atoms with E-state index in [1.807, 2.05) is 6.07 Å². The maximum atomic E-state index is 9.67. The van der Waals surface area contributed by atoms with Crippen LogP contribution in [0, 0.1) is 5.92 Å². The number of hydrogen-bond donors (Lipinski definition) is 2. The lowest BCUT2D eigenvalue weighted by Crippen LogP contribution is -2.29. The van der Waals surface area contributed by atoms with Gasteiger partial charge in [-0.25, -0.2) is 0 Å². The Labute approximate surface area is 97.7 Å². The number of aliphatic hydroxyl groups excluding tert-OH is 1. The molecule has 1 saturated carbocycles. The fraction of sp³-hybridized carbons (Fsp3) is 0.571. The van der Waals surface area contributed by atoms with Gasteiger partial charge in [0.25, 0.3) is 0 Å². The Bertz CT molecular complexity index is 299. The quantitative estimate of drug-likeness (QED) is 0.742. The highest BCUT2D eigenvalue weighted by atomic mass is 16.3. The van der Waals surface area contributed by atoms with E-state index in [4.69, 9.17) is 0 Å². The van der Waals surface area contributed by atoms with Gasteiger partial charge in [-0.05, 0) is 37.3 Å². The van der Waals surface area contributed by atoms with Gasteiger partial charge >= 0.3 is 0 Å². The molecule has 2 N–H and O–H groups in total. The highest BCUT2D eigenvalue weighted by Gasteiger charge is 2.24. The van der Waals surface area contributed by atoms with Crippen LogP contribution in [0.15, 0.2) is 30.3 Å². The van der Waals surface area contributed by atoms with Gasteiger partial charge in [-0.15, -0.1) is 0 Å². The van der Waals surface area contributed by atoms with Gasteiger partial charge < -0.3 is 10.4 Å². The van der Waals surface area contributed by atoms with Gasteiger partial charge in [0.15, 0.2) is 0 Å². The monoisotopic (exact) mass is 219 g/mol. The molecule has 2 atom stereocenters. The molecule has 1 aromatic carbocycles. The molecule has 0 spiro atoms. The van der Waals surface area contributed by atoms with Crippen LogP contribution in [0.4, 0.5) is 0 Å². The molecule has 1 aliphatic rings. The van der Waals surface area contributed by atoms with Crippen molar-refractivity contribution in [1.82, 2.24) is 5.32 Å². The molecule has 0 heterocycles. The van der Waals surface area contributed by atoms with Crippen molar-refractivity contribution in [2.45, 2.75) is 31.8 Å². The molecule has 0 aromatic heterocycles. The van der Waals surface area contributed by atoms with Gasteiger partial charge in [-0.2, -0.15) is 0 Å². The molecule has 2 nitrogen and oxygen atoms in total. The van der Waals surface area contributed by atoms with Gasteiger partial charge in [0.05, 0.1) is 6.10 Å². The van der Waals surface area contributed by atoms with Crippen LogP contribution in [0.5, 0.6) is 0 Å². The maximum Gasteiger partial charge on any atom is 0.0580 e. The molecule has 0 saturated heterocycles. The summed E-state index contributed by atoms with van der Waals surface area (Å²) in [6, 6.07) is 10.5. The minimum absolute atomic E-state index is 0.0655. The number of benzene rings is 1. The topological polar surface area (TPSA) is 32.3 Å². The summed E-state index contributed by atoms with van der Waals surface area (Å²) in [5.74, 6) is 0.482. The summed E-state index contributed by atoms with van der Waals surface area (Å²) in [5, 5.41) is 13.1. The molecule has 0 bridgehead atoms. The van der Waals surface area contributed by atoms with Crippen LogP contribution < -0.4 is 5.32 Å². The zero-order valence-electron chi connectivity index (χ0n) is 9.73. The van der Waals surface area contributed by atoms with Crippen LogP contribution in [0.3, 0.4) is 0 Å². The standard InChI is InChI=1S/C14H21NO/c16-14-8-4-7-13(14)11-15-10-9-12-5-2-1-3-6-12/h1-3,5-6,13-16H,4,7-11H2. The minimum Gasteiger partial charge on any atom is -0.393 e. The van der Waals surface area contributed by atoms with Crippen molar-refractivity contribution in [2.24, 2.45) is 5.92 Å². The molecule has 2 rings (SSSR count). The summed E-state index contributed by atoms with van der Waals surface area (Å²) in [6.45, 7) is 1.97. The van der Waals surface area contributed by atoms with Crippen molar-refractivity contribution in [3.63, 3.8) is 0 Å². The van der Waals surface area contributed by atoms with Gasteiger partial charge in [-0.1, -0.05) is 36.8 Å². The Morgan fingerprint density at radius 1 is 1.19 bits per heavy atom. The molecular formula is C14H21NO. The van der Waals surface area contributed by atoms with Crippen LogP contribution in [-0.4, -0.2) is 24.3 Å². The molecule has 16 heavy (non-hydrogen) atoms. The van der Waals surface area contributed by atoms with E-state index in [0.29, 0.717) is 5.92 Å². The number of aliphatic hydroxyl groups is 1. The highest BCUT2D eigenvalue weighted by Crippen LogP contribution is 2.24. The molecule has 0 amide bonds. The lowest BCUT2D eigenvalue weighted by molar-refractivity contribution is 0.132. The fourth-order valence-electron chi connectivity index (χ4n) is 2.42. The van der Waals surface area contributed by atoms with Crippen molar-refractivity contribution in [1.29, 1.82) is 0 Å². The van der Waals surface area contributed by atoms with Crippen molar-refractivity contribution in [3.8, 4) is 0 Å². The van der Waals surface area contributed by atoms with Crippen LogP contribution in [0.2, 0.25) is 0 Å². The van der Waals surface area contributed by atoms with Crippen molar-refractivity contribution in [3.05, 3.63) is 35.9 Å². The summed E-state index contributed by atoms with van der Waals surface area (Å²) in [6.07, 6.45) is 4.37. The summed E-state index contributed by atoms with van der Waals surface area (Å²) < 4.78 is 0. The molecule has 2 heteroatoms. The number of hydrogen-bond acceptors (Lipinski definition) is 2. The Kier molecular flexibility index (Phi) is 4.37. The van der Waals surface area contributed by atoms with E-state index in [1.54, 1.807) is 0 Å². The average Bonchev–Trinajstić information content (AvgIpc) is 2.72. The first-order valence-electron chi connectivity index (χ1n) is 6.29. The molecule has 1 fully saturated rings. The van der Waals surface area contributed by atoms with Crippen LogP contribution in [-0.2, 0) is 6.42 Å². The van der Waals surface area contributed by atoms with Crippen LogP contribution in [0.25, 0.3) is 0 Å². The molecule has 2 unspecified atom stereocenters. The lowest BCUT2D eigenvalue weighted by Gasteiger charge is -2.14. The van der Waals surface area contributed by atoms with E-state index in [-0.39, 0.29) is 6.10 Å². The van der Waals surface area contributed by atoms with Gasteiger partial charge in [0.2, 0.25) is 0 Å². The Morgan fingerprint density at radius 2 is 2.00 bits per heavy atom. The SMILES string of the molecule is OC1CCCC1CNCCc1ccccc1. The number of rotatable bonds is 5. The van der Waals surface area contributed by atoms with Crippen molar-refractivity contribution < 1.29 is 5.11 Å². The first kappa shape index (κ1) is 11.6. The number of nitrogens with one attached hydrogen (secondary N) is 1. The Hall–Kier alpha value is -0.860. The summed E-state index contributed by atoms with van der Waals surface area (Å²) in [4.78, 5) is 0. The van der Waals surface area contributed by atoms with Crippen molar-refractivity contribution >= 4 is 0 Å². The second-order valence-corrected chi connectivity index (χ2v) is 4.70. The molecule has 0 radical (unpaired) electrons. The average molecular weight is 219 g/mol. The van der Waals surface area contributed by atoms with Crippen LogP contribution in [0.1, 0.15) is 24.8 Å². The highest BCUT2D eigenvalue weighted by molar-refractivity contribution is 5.14. The third-order valence-electron chi connectivity index (χ3n) is 3.46. The third-order valence-corrected chi connectivity index (χ3v) is 3.46. The molecule has 1 aromatic rings. The van der Waals surface area contributed by atoms with Crippen molar-refractivity contribution in [2.75, 3.05) is 13.1 Å². The molecule has 1 aliphatic carbocycles. The fourth-order valence-corrected chi connectivity index (χ4v) is 2.42. The third kappa shape index (κ3) is 3.32. The largest absolute Gasteiger partial charge is 0.393 e. The first-order chi connectivity index (χ1) is 7.86. The molecular weight excluding hydrogens is 198 g/mol. The normalized spacial score (nSPS) is 24.8. The zero-order chi connectivity index (χ0) is 11.2. The van der Waals surface area contributed by atoms with E-state index in [0.717, 1.165) is 25.9 Å². The maximum absolute atomic E-state index is 9.67. The van der Waals surface area contributed by atoms with Crippen LogP contribution >= 0.6 is 0 Å². The Morgan fingerprint density at radius 3 is 2.69 bits per heavy atom. The zero-order valence-corrected chi connectivity index (χ0v) is 9.73. The predicted octanol–water partition coefficient (Wildman–Crippen LogP) is 1.98. The molecule has 0 aliphatic heterocycles. The second kappa shape index (κ2) is 6.02. The van der Waals surface area contributed by atoms with Gasteiger partial charge in [-0.3, -0.25) is 0 Å². The lowest BCUT2D eigenvalue weighted by atomic mass is 10.1. The summed E-state index contributed by atoms with van der Waals surface area (Å²) in [7, 11) is 0. The van der Waals surface area contributed by atoms with E-state index in [1.165, 1.54) is 18.4 Å². The minimum atomic E-state index is -0.0655. The summed E-state index contributed by atoms with van der Waals surface area (Å²) in [5.41, 5.74) is 1.38. The smallest absolute Gasteiger partial charge is 0.0580 e. The van der Waals surface area contributed by atoms with E-state index in [9.17, 15) is 5.11 Å². The predicted molar refractivity (Wildman–Crippen MR) is 66.4 cm³/mol. The van der Waals surface area contributed by atoms with E-state index >= 15 is 0 Å². The van der Waals surface area contributed by atoms with E-state index < -0.39 is 0 Å². The summed E-state index contributed by atoms with van der Waals surface area (Å²) >= 11 is 0.